The molecule has 0 aliphatic carbocycles. The van der Waals surface area contributed by atoms with Crippen molar-refractivity contribution in [3.63, 3.8) is 0 Å². The lowest BCUT2D eigenvalue weighted by Gasteiger charge is -2.14. The largest absolute Gasteiger partial charge is 0.417 e. The van der Waals surface area contributed by atoms with Crippen LogP contribution in [0.1, 0.15) is 28.4 Å². The molecule has 0 saturated heterocycles. The number of Topliss-reactive ketones (excluding diaryl/α,β-unsaturated/α-hetero) is 1. The molecule has 7 heteroatoms. The minimum absolute atomic E-state index is 0.0135. The van der Waals surface area contributed by atoms with Gasteiger partial charge in [-0.05, 0) is 36.2 Å². The van der Waals surface area contributed by atoms with Crippen LogP contribution in [0.15, 0.2) is 42.5 Å². The molecule has 2 aromatic carbocycles. The van der Waals surface area contributed by atoms with Gasteiger partial charge >= 0.3 is 12.4 Å². The van der Waals surface area contributed by atoms with Crippen LogP contribution in [-0.4, -0.2) is 5.78 Å². The van der Waals surface area contributed by atoms with Crippen LogP contribution < -0.4 is 0 Å². The van der Waals surface area contributed by atoms with Crippen molar-refractivity contribution in [1.29, 1.82) is 0 Å². The van der Waals surface area contributed by atoms with Gasteiger partial charge in [-0.25, -0.2) is 0 Å². The summed E-state index contributed by atoms with van der Waals surface area (Å²) in [6.45, 7) is 0.995. The molecule has 122 valence electrons. The number of hydrogen-bond donors (Lipinski definition) is 0. The number of carbonyl (C=O) groups excluding carboxylic acids is 1. The zero-order valence-electron chi connectivity index (χ0n) is 11.7. The van der Waals surface area contributed by atoms with Crippen molar-refractivity contribution in [2.75, 3.05) is 0 Å². The summed E-state index contributed by atoms with van der Waals surface area (Å²) < 4.78 is 77.2. The van der Waals surface area contributed by atoms with Crippen molar-refractivity contribution >= 4 is 5.78 Å². The maximum atomic E-state index is 13.0. The zero-order valence-corrected chi connectivity index (χ0v) is 11.7. The van der Waals surface area contributed by atoms with Gasteiger partial charge in [0.2, 0.25) is 0 Å². The van der Waals surface area contributed by atoms with Crippen LogP contribution in [0, 0.1) is 0 Å². The van der Waals surface area contributed by atoms with E-state index in [9.17, 15) is 31.1 Å². The molecule has 0 atom stereocenters. The van der Waals surface area contributed by atoms with Crippen LogP contribution in [0.2, 0.25) is 0 Å². The van der Waals surface area contributed by atoms with Crippen LogP contribution in [0.4, 0.5) is 26.3 Å². The summed E-state index contributed by atoms with van der Waals surface area (Å²) in [7, 11) is 0. The first-order chi connectivity index (χ1) is 10.5. The highest BCUT2D eigenvalue weighted by Crippen LogP contribution is 2.37. The van der Waals surface area contributed by atoms with Gasteiger partial charge < -0.3 is 0 Å². The number of halogens is 6. The fourth-order valence-electron chi connectivity index (χ4n) is 2.14. The third-order valence-electron chi connectivity index (χ3n) is 3.23. The van der Waals surface area contributed by atoms with Crippen molar-refractivity contribution in [3.8, 4) is 11.1 Å². The Hall–Kier alpha value is -2.31. The molecule has 0 fully saturated rings. The van der Waals surface area contributed by atoms with E-state index in [1.165, 1.54) is 12.1 Å². The van der Waals surface area contributed by atoms with Gasteiger partial charge in [0.1, 0.15) is 0 Å². The summed E-state index contributed by atoms with van der Waals surface area (Å²) >= 11 is 0. The average molecular weight is 332 g/mol. The monoisotopic (exact) mass is 332 g/mol. The number of carbonyl (C=O) groups is 1. The summed E-state index contributed by atoms with van der Waals surface area (Å²) in [4.78, 5) is 11.3. The van der Waals surface area contributed by atoms with Gasteiger partial charge in [0.25, 0.3) is 0 Å². The molecular formula is C16H10F6O. The molecule has 0 spiro atoms. The summed E-state index contributed by atoms with van der Waals surface area (Å²) in [5.74, 6) is -0.770. The van der Waals surface area contributed by atoms with E-state index in [1.54, 1.807) is 0 Å². The maximum absolute atomic E-state index is 13.0. The zero-order chi connectivity index (χ0) is 17.4. The predicted molar refractivity (Wildman–Crippen MR) is 71.9 cm³/mol. The second-order valence-corrected chi connectivity index (χ2v) is 4.89. The fraction of sp³-hybridized carbons (Fsp3) is 0.188. The van der Waals surface area contributed by atoms with Gasteiger partial charge in [-0.2, -0.15) is 26.3 Å². The Morgan fingerprint density at radius 1 is 0.826 bits per heavy atom. The van der Waals surface area contributed by atoms with Gasteiger partial charge in [0.15, 0.2) is 5.78 Å². The molecule has 0 saturated carbocycles. The third-order valence-corrected chi connectivity index (χ3v) is 3.23. The molecule has 0 radical (unpaired) electrons. The van der Waals surface area contributed by atoms with Gasteiger partial charge in [-0.1, -0.05) is 24.3 Å². The third kappa shape index (κ3) is 3.72. The lowest BCUT2D eigenvalue weighted by atomic mass is 9.96. The summed E-state index contributed by atoms with van der Waals surface area (Å²) in [5.41, 5.74) is -2.71. The average Bonchev–Trinajstić information content (AvgIpc) is 2.45. The van der Waals surface area contributed by atoms with Gasteiger partial charge in [0.05, 0.1) is 11.1 Å². The Morgan fingerprint density at radius 2 is 1.43 bits per heavy atom. The molecule has 1 nitrogen and oxygen atoms in total. The summed E-state index contributed by atoms with van der Waals surface area (Å²) in [6, 6.07) is 6.85. The minimum Gasteiger partial charge on any atom is -0.294 e. The number of rotatable bonds is 2. The maximum Gasteiger partial charge on any atom is 0.417 e. The molecule has 0 heterocycles. The molecule has 0 amide bonds. The molecule has 23 heavy (non-hydrogen) atoms. The number of benzene rings is 2. The summed E-state index contributed by atoms with van der Waals surface area (Å²) in [5, 5.41) is 0. The molecular weight excluding hydrogens is 322 g/mol. The molecule has 0 aromatic heterocycles. The van der Waals surface area contributed by atoms with E-state index in [-0.39, 0.29) is 11.1 Å². The van der Waals surface area contributed by atoms with Gasteiger partial charge in [-0.15, -0.1) is 0 Å². The van der Waals surface area contributed by atoms with Crippen LogP contribution in [0.3, 0.4) is 0 Å². The SMILES string of the molecule is CC(=O)c1ccc(-c2cccc(C(F)(F)F)c2)cc1C(F)(F)F. The Labute approximate surface area is 127 Å². The first-order valence-corrected chi connectivity index (χ1v) is 6.40. The molecule has 2 aromatic rings. The van der Waals surface area contributed by atoms with Crippen LogP contribution in [0.25, 0.3) is 11.1 Å². The van der Waals surface area contributed by atoms with Crippen molar-refractivity contribution in [1.82, 2.24) is 0 Å². The summed E-state index contributed by atoms with van der Waals surface area (Å²) in [6.07, 6.45) is -9.37. The van der Waals surface area contributed by atoms with E-state index in [0.717, 1.165) is 31.2 Å². The van der Waals surface area contributed by atoms with Crippen molar-refractivity contribution in [2.24, 2.45) is 0 Å². The Kier molecular flexibility index (Phi) is 4.24. The number of ketones is 1. The molecule has 0 aliphatic rings. The first kappa shape index (κ1) is 17.1. The van der Waals surface area contributed by atoms with E-state index < -0.39 is 34.8 Å². The molecule has 0 bridgehead atoms. The first-order valence-electron chi connectivity index (χ1n) is 6.40. The van der Waals surface area contributed by atoms with E-state index in [2.05, 4.69) is 0 Å². The fourth-order valence-corrected chi connectivity index (χ4v) is 2.14. The highest BCUT2D eigenvalue weighted by atomic mass is 19.4. The normalized spacial score (nSPS) is 12.3. The predicted octanol–water partition coefficient (Wildman–Crippen LogP) is 5.59. The van der Waals surface area contributed by atoms with E-state index in [4.69, 9.17) is 0 Å². The second kappa shape index (κ2) is 5.72. The highest BCUT2D eigenvalue weighted by molar-refractivity contribution is 5.96. The van der Waals surface area contributed by atoms with Gasteiger partial charge in [0, 0.05) is 5.56 Å². The molecule has 2 rings (SSSR count). The Balaban J connectivity index is 2.60. The smallest absolute Gasteiger partial charge is 0.294 e. The molecule has 0 aliphatic heterocycles. The molecule has 0 N–H and O–H groups in total. The lowest BCUT2D eigenvalue weighted by Crippen LogP contribution is -2.12. The van der Waals surface area contributed by atoms with Gasteiger partial charge in [-0.3, -0.25) is 4.79 Å². The topological polar surface area (TPSA) is 17.1 Å². The van der Waals surface area contributed by atoms with Crippen molar-refractivity contribution in [3.05, 3.63) is 59.2 Å². The van der Waals surface area contributed by atoms with Crippen molar-refractivity contribution < 1.29 is 31.1 Å². The van der Waals surface area contributed by atoms with E-state index in [1.807, 2.05) is 0 Å². The minimum atomic E-state index is -4.78. The van der Waals surface area contributed by atoms with E-state index >= 15 is 0 Å². The standard InChI is InChI=1S/C16H10F6O/c1-9(23)13-6-5-11(8-14(13)16(20,21)22)10-3-2-4-12(7-10)15(17,18)19/h2-8H,1H3. The lowest BCUT2D eigenvalue weighted by molar-refractivity contribution is -0.138. The quantitative estimate of drug-likeness (QED) is 0.517. The van der Waals surface area contributed by atoms with E-state index in [0.29, 0.717) is 6.07 Å². The molecule has 0 unspecified atom stereocenters. The highest BCUT2D eigenvalue weighted by Gasteiger charge is 2.35. The Morgan fingerprint density at radius 3 is 1.96 bits per heavy atom. The Bertz CT molecular complexity index is 743. The van der Waals surface area contributed by atoms with Crippen LogP contribution in [-0.2, 0) is 12.4 Å². The number of hydrogen-bond acceptors (Lipinski definition) is 1. The van der Waals surface area contributed by atoms with Crippen LogP contribution >= 0.6 is 0 Å². The van der Waals surface area contributed by atoms with Crippen molar-refractivity contribution in [2.45, 2.75) is 19.3 Å². The second-order valence-electron chi connectivity index (χ2n) is 4.89. The van der Waals surface area contributed by atoms with Crippen LogP contribution in [0.5, 0.6) is 0 Å². The number of alkyl halides is 6.